The number of aliphatic hydroxyl groups excluding tert-OH is 1. The highest BCUT2D eigenvalue weighted by Crippen LogP contribution is 2.45. The number of rotatable bonds is 87. The Kier molecular flexibility index (Phi) is 77.9. The fraction of sp³-hybridized carbons (Fsp3) is 0.955. The van der Waals surface area contributed by atoms with Crippen molar-refractivity contribution in [2.45, 2.75) is 490 Å². The maximum Gasteiger partial charge on any atom is 0.472 e. The predicted octanol–water partition coefficient (Wildman–Crippen LogP) is 27.0. The van der Waals surface area contributed by atoms with Crippen molar-refractivity contribution in [2.24, 2.45) is 11.8 Å². The van der Waals surface area contributed by atoms with Gasteiger partial charge < -0.3 is 33.8 Å². The number of hydrogen-bond acceptors (Lipinski definition) is 15. The second kappa shape index (κ2) is 79.3. The third-order valence-electron chi connectivity index (χ3n) is 21.1. The molecule has 6 atom stereocenters. The van der Waals surface area contributed by atoms with E-state index in [1.54, 1.807) is 0 Å². The smallest absolute Gasteiger partial charge is 0.462 e. The molecule has 17 nitrogen and oxygen atoms in total. The van der Waals surface area contributed by atoms with Gasteiger partial charge in [0.2, 0.25) is 0 Å². The minimum atomic E-state index is -4.97. The third kappa shape index (κ3) is 80.5. The predicted molar refractivity (Wildman–Crippen MR) is 442 cm³/mol. The monoisotopic (exact) mass is 1560 g/mol. The molecule has 0 aliphatic heterocycles. The van der Waals surface area contributed by atoms with Crippen molar-refractivity contribution in [3.63, 3.8) is 0 Å². The molecule has 0 spiro atoms. The first-order chi connectivity index (χ1) is 51.9. The Morgan fingerprint density at radius 3 is 0.710 bits per heavy atom. The number of carbonyl (C=O) groups is 4. The first kappa shape index (κ1) is 105. The first-order valence-electron chi connectivity index (χ1n) is 45.5. The van der Waals surface area contributed by atoms with Gasteiger partial charge in [-0.15, -0.1) is 0 Å². The van der Waals surface area contributed by atoms with Crippen molar-refractivity contribution in [3.05, 3.63) is 0 Å². The van der Waals surface area contributed by atoms with Crippen LogP contribution in [0.1, 0.15) is 472 Å². The fourth-order valence-electron chi connectivity index (χ4n) is 13.7. The number of unbranched alkanes of at least 4 members (excludes halogenated alkanes) is 56. The molecule has 0 radical (unpaired) electrons. The van der Waals surface area contributed by atoms with Gasteiger partial charge in [-0.3, -0.25) is 37.3 Å². The second-order valence-corrected chi connectivity index (χ2v) is 35.3. The van der Waals surface area contributed by atoms with Crippen molar-refractivity contribution in [1.29, 1.82) is 0 Å². The van der Waals surface area contributed by atoms with Crippen LogP contribution in [-0.4, -0.2) is 96.7 Å². The molecule has 3 unspecified atom stereocenters. The molecule has 0 aliphatic carbocycles. The number of hydrogen-bond donors (Lipinski definition) is 3. The number of phosphoric acid groups is 2. The van der Waals surface area contributed by atoms with Crippen LogP contribution in [0.3, 0.4) is 0 Å². The Labute approximate surface area is 658 Å². The quantitative estimate of drug-likeness (QED) is 0.0222. The van der Waals surface area contributed by atoms with Crippen LogP contribution < -0.4 is 0 Å². The van der Waals surface area contributed by atoms with Gasteiger partial charge in [-0.2, -0.15) is 0 Å². The number of aliphatic hydroxyl groups is 1. The van der Waals surface area contributed by atoms with Crippen molar-refractivity contribution >= 4 is 39.5 Å². The van der Waals surface area contributed by atoms with E-state index in [4.69, 9.17) is 37.0 Å². The number of esters is 4. The van der Waals surface area contributed by atoms with Crippen molar-refractivity contribution < 1.29 is 80.2 Å². The summed E-state index contributed by atoms with van der Waals surface area (Å²) >= 11 is 0. The van der Waals surface area contributed by atoms with Gasteiger partial charge in [-0.05, 0) is 37.5 Å². The summed E-state index contributed by atoms with van der Waals surface area (Å²) in [5.41, 5.74) is 0. The Hall–Kier alpha value is -1.94. The fourth-order valence-corrected chi connectivity index (χ4v) is 15.3. The van der Waals surface area contributed by atoms with Crippen LogP contribution in [0.4, 0.5) is 0 Å². The molecule has 19 heteroatoms. The molecular weight excluding hydrogens is 1390 g/mol. The highest BCUT2D eigenvalue weighted by molar-refractivity contribution is 7.47. The topological polar surface area (TPSA) is 237 Å². The zero-order chi connectivity index (χ0) is 78.5. The Balaban J connectivity index is 5.24. The molecule has 0 aromatic heterocycles. The van der Waals surface area contributed by atoms with Crippen molar-refractivity contribution in [3.8, 4) is 0 Å². The van der Waals surface area contributed by atoms with Crippen LogP contribution in [0.2, 0.25) is 0 Å². The summed E-state index contributed by atoms with van der Waals surface area (Å²) in [5.74, 6) is -0.555. The lowest BCUT2D eigenvalue weighted by atomic mass is 9.99. The van der Waals surface area contributed by atoms with Gasteiger partial charge >= 0.3 is 39.5 Å². The van der Waals surface area contributed by atoms with Gasteiger partial charge in [-0.1, -0.05) is 420 Å². The van der Waals surface area contributed by atoms with Gasteiger partial charge in [-0.25, -0.2) is 9.13 Å². The minimum Gasteiger partial charge on any atom is -0.462 e. The SMILES string of the molecule is CCCCCCCCCCCCCCCCCCCCCCCCC(=O)O[C@H](COC(=O)CCCCCCCCCCCCCCCCCCCCC)COP(=O)(O)OC[C@@H](O)COP(=O)(O)OC[C@@H](COC(=O)CCCCCCCCCCCC(C)C)OC(=O)CCCCCCCCCCCCC(C)CC. The molecule has 0 bridgehead atoms. The van der Waals surface area contributed by atoms with E-state index in [9.17, 15) is 43.2 Å². The lowest BCUT2D eigenvalue weighted by Crippen LogP contribution is -2.30. The zero-order valence-electron chi connectivity index (χ0n) is 70.5. The largest absolute Gasteiger partial charge is 0.472 e. The highest BCUT2D eigenvalue weighted by atomic mass is 31.2. The molecule has 0 saturated carbocycles. The molecule has 0 aromatic rings. The minimum absolute atomic E-state index is 0.106. The Bertz CT molecular complexity index is 2050. The summed E-state index contributed by atoms with van der Waals surface area (Å²) < 4.78 is 69.0. The molecular formula is C88H172O17P2. The summed E-state index contributed by atoms with van der Waals surface area (Å²) in [5, 5.41) is 10.7. The standard InChI is InChI=1S/C88H172O17P2/c1-7-10-12-14-16-18-20-22-24-26-28-29-30-32-34-36-38-40-47-54-60-66-72-87(92)104-83(76-98-85(90)70-64-58-52-46-39-37-35-33-31-27-25-23-21-19-17-15-13-11-8-2)78-102-106(94,95)100-74-82(89)75-101-107(96,97)103-79-84(77-99-86(91)71-65-59-53-49-43-44-50-56-62-68-80(4)5)105-88(93)73-67-61-55-48-42-41-45-51-57-63-69-81(6)9-3/h80-84,89H,7-79H2,1-6H3,(H,94,95)(H,96,97)/t81?,82-,83-,84-/m1/s1. The van der Waals surface area contributed by atoms with Gasteiger partial charge in [0.05, 0.1) is 26.4 Å². The number of ether oxygens (including phenoxy) is 4. The molecule has 636 valence electrons. The summed E-state index contributed by atoms with van der Waals surface area (Å²) in [4.78, 5) is 73.3. The normalized spacial score (nSPS) is 14.0. The van der Waals surface area contributed by atoms with E-state index in [-0.39, 0.29) is 25.7 Å². The lowest BCUT2D eigenvalue weighted by molar-refractivity contribution is -0.161. The Morgan fingerprint density at radius 2 is 0.477 bits per heavy atom. The molecule has 0 rings (SSSR count). The average molecular weight is 1560 g/mol. The molecule has 0 fully saturated rings. The van der Waals surface area contributed by atoms with Gasteiger partial charge in [0.1, 0.15) is 19.3 Å². The summed E-state index contributed by atoms with van der Waals surface area (Å²) in [6.45, 7) is 9.68. The summed E-state index contributed by atoms with van der Waals surface area (Å²) in [6.07, 6.45) is 72.3. The molecule has 0 saturated heterocycles. The van der Waals surface area contributed by atoms with E-state index in [0.29, 0.717) is 25.7 Å². The van der Waals surface area contributed by atoms with Crippen LogP contribution >= 0.6 is 15.6 Å². The molecule has 107 heavy (non-hydrogen) atoms. The van der Waals surface area contributed by atoms with E-state index in [1.165, 1.54) is 289 Å². The molecule has 0 aromatic carbocycles. The second-order valence-electron chi connectivity index (χ2n) is 32.4. The molecule has 0 heterocycles. The van der Waals surface area contributed by atoms with E-state index in [0.717, 1.165) is 102 Å². The summed E-state index contributed by atoms with van der Waals surface area (Å²) in [6, 6.07) is 0. The van der Waals surface area contributed by atoms with E-state index >= 15 is 0 Å². The van der Waals surface area contributed by atoms with E-state index in [1.807, 2.05) is 0 Å². The lowest BCUT2D eigenvalue weighted by Gasteiger charge is -2.21. The van der Waals surface area contributed by atoms with Crippen LogP contribution in [0, 0.1) is 11.8 Å². The maximum absolute atomic E-state index is 13.2. The van der Waals surface area contributed by atoms with Crippen molar-refractivity contribution in [2.75, 3.05) is 39.6 Å². The van der Waals surface area contributed by atoms with Crippen LogP contribution in [0.15, 0.2) is 0 Å². The highest BCUT2D eigenvalue weighted by Gasteiger charge is 2.31. The molecule has 3 N–H and O–H groups in total. The molecule has 0 amide bonds. The average Bonchev–Trinajstić information content (AvgIpc) is 0.904. The van der Waals surface area contributed by atoms with Gasteiger partial charge in [0, 0.05) is 25.7 Å². The molecule has 0 aliphatic rings. The van der Waals surface area contributed by atoms with E-state index < -0.39 is 97.5 Å². The first-order valence-corrected chi connectivity index (χ1v) is 48.5. The third-order valence-corrected chi connectivity index (χ3v) is 23.0. The number of carbonyl (C=O) groups excluding carboxylic acids is 4. The van der Waals surface area contributed by atoms with Crippen LogP contribution in [-0.2, 0) is 65.4 Å². The zero-order valence-corrected chi connectivity index (χ0v) is 72.2. The summed E-state index contributed by atoms with van der Waals surface area (Å²) in [7, 11) is -9.93. The van der Waals surface area contributed by atoms with Gasteiger partial charge in [0.15, 0.2) is 12.2 Å². The van der Waals surface area contributed by atoms with E-state index in [2.05, 4.69) is 41.5 Å². The van der Waals surface area contributed by atoms with Crippen LogP contribution in [0.5, 0.6) is 0 Å². The maximum atomic E-state index is 13.2. The number of phosphoric ester groups is 2. The van der Waals surface area contributed by atoms with Crippen molar-refractivity contribution in [1.82, 2.24) is 0 Å². The Morgan fingerprint density at radius 1 is 0.271 bits per heavy atom. The van der Waals surface area contributed by atoms with Crippen LogP contribution in [0.25, 0.3) is 0 Å². The van der Waals surface area contributed by atoms with Gasteiger partial charge in [0.25, 0.3) is 0 Å².